The van der Waals surface area contributed by atoms with Gasteiger partial charge in [0.1, 0.15) is 5.75 Å². The van der Waals surface area contributed by atoms with Gasteiger partial charge in [-0.2, -0.15) is 0 Å². The Labute approximate surface area is 159 Å². The molecule has 1 N–H and O–H groups in total. The third kappa shape index (κ3) is 4.29. The highest BCUT2D eigenvalue weighted by molar-refractivity contribution is 7.98. The molecule has 1 heterocycles. The second-order valence-corrected chi connectivity index (χ2v) is 8.12. The number of aliphatic carboxylic acids is 1. The van der Waals surface area contributed by atoms with Gasteiger partial charge in [0.05, 0.1) is 0 Å². The number of hydrogen-bond acceptors (Lipinski definition) is 4. The topological polar surface area (TPSA) is 46.5 Å². The van der Waals surface area contributed by atoms with E-state index in [1.165, 1.54) is 20.5 Å². The maximum atomic E-state index is 10.7. The van der Waals surface area contributed by atoms with E-state index in [-0.39, 0.29) is 6.61 Å². The van der Waals surface area contributed by atoms with Gasteiger partial charge < -0.3 is 9.84 Å². The molecule has 3 rings (SSSR count). The van der Waals surface area contributed by atoms with E-state index in [2.05, 4.69) is 17.5 Å². The number of ether oxygens (including phenoxy) is 1. The molecule has 0 saturated heterocycles. The van der Waals surface area contributed by atoms with Gasteiger partial charge >= 0.3 is 5.97 Å². The van der Waals surface area contributed by atoms with Crippen molar-refractivity contribution in [2.45, 2.75) is 24.5 Å². The summed E-state index contributed by atoms with van der Waals surface area (Å²) in [5.41, 5.74) is 3.29. The zero-order chi connectivity index (χ0) is 18.0. The highest BCUT2D eigenvalue weighted by Crippen LogP contribution is 2.35. The average molecular weight is 393 g/mol. The Morgan fingerprint density at radius 2 is 2.04 bits per heavy atom. The number of hydrogen-bond donors (Lipinski definition) is 1. The standard InChI is InChI=1S/C19H17ClO3S2/c1-11-6-18(12(2)5-16(11)23-8-19(21)22)25-10-13-9-24-17-4-3-14(20)7-15(13)17/h3-7,9H,8,10H2,1-2H3,(H,21,22). The fourth-order valence-electron chi connectivity index (χ4n) is 2.53. The van der Waals surface area contributed by atoms with Crippen LogP contribution in [0.15, 0.2) is 40.6 Å². The van der Waals surface area contributed by atoms with Gasteiger partial charge in [0.15, 0.2) is 6.61 Å². The summed E-state index contributed by atoms with van der Waals surface area (Å²) in [6.07, 6.45) is 0. The predicted molar refractivity (Wildman–Crippen MR) is 105 cm³/mol. The van der Waals surface area contributed by atoms with Gasteiger partial charge in [0.2, 0.25) is 0 Å². The molecule has 0 aliphatic heterocycles. The molecule has 0 spiro atoms. The van der Waals surface area contributed by atoms with Gasteiger partial charge in [-0.05, 0) is 71.6 Å². The summed E-state index contributed by atoms with van der Waals surface area (Å²) in [6.45, 7) is 3.62. The molecule has 0 saturated carbocycles. The second-order valence-electron chi connectivity index (χ2n) is 5.76. The first-order valence-electron chi connectivity index (χ1n) is 7.68. The molecular weight excluding hydrogens is 376 g/mol. The van der Waals surface area contributed by atoms with Crippen LogP contribution in [0.5, 0.6) is 5.75 Å². The molecule has 0 bridgehead atoms. The van der Waals surface area contributed by atoms with Crippen LogP contribution in [0.1, 0.15) is 16.7 Å². The fraction of sp³-hybridized carbons (Fsp3) is 0.211. The van der Waals surface area contributed by atoms with E-state index in [0.717, 1.165) is 21.9 Å². The lowest BCUT2D eigenvalue weighted by Gasteiger charge is -2.12. The van der Waals surface area contributed by atoms with Crippen molar-refractivity contribution in [1.82, 2.24) is 0 Å². The summed E-state index contributed by atoms with van der Waals surface area (Å²) in [5.74, 6) is 0.506. The molecule has 0 unspecified atom stereocenters. The van der Waals surface area contributed by atoms with E-state index < -0.39 is 5.97 Å². The molecular formula is C19H17ClO3S2. The van der Waals surface area contributed by atoms with Crippen LogP contribution in [0.25, 0.3) is 10.1 Å². The van der Waals surface area contributed by atoms with E-state index in [1.54, 1.807) is 23.1 Å². The van der Waals surface area contributed by atoms with Crippen molar-refractivity contribution in [3.63, 3.8) is 0 Å². The normalized spacial score (nSPS) is 11.0. The number of halogens is 1. The van der Waals surface area contributed by atoms with Crippen molar-refractivity contribution < 1.29 is 14.6 Å². The van der Waals surface area contributed by atoms with Crippen molar-refractivity contribution >= 4 is 50.8 Å². The number of fused-ring (bicyclic) bond motifs is 1. The lowest BCUT2D eigenvalue weighted by Crippen LogP contribution is -2.10. The molecule has 0 radical (unpaired) electrons. The average Bonchev–Trinajstić information content (AvgIpc) is 2.96. The van der Waals surface area contributed by atoms with Crippen molar-refractivity contribution in [2.24, 2.45) is 0 Å². The number of carboxylic acids is 1. The Kier molecular flexibility index (Phi) is 5.57. The summed E-state index contributed by atoms with van der Waals surface area (Å²) < 4.78 is 6.57. The van der Waals surface area contributed by atoms with Gasteiger partial charge in [-0.15, -0.1) is 23.1 Å². The molecule has 0 amide bonds. The minimum Gasteiger partial charge on any atom is -0.482 e. The Balaban J connectivity index is 1.77. The van der Waals surface area contributed by atoms with Gasteiger partial charge in [0, 0.05) is 20.4 Å². The summed E-state index contributed by atoms with van der Waals surface area (Å²) >= 11 is 9.62. The van der Waals surface area contributed by atoms with Crippen LogP contribution in [0.4, 0.5) is 0 Å². The van der Waals surface area contributed by atoms with Crippen LogP contribution in [0.3, 0.4) is 0 Å². The third-order valence-electron chi connectivity index (χ3n) is 3.82. The molecule has 130 valence electrons. The third-order valence-corrected chi connectivity index (χ3v) is 6.28. The van der Waals surface area contributed by atoms with Crippen molar-refractivity contribution in [2.75, 3.05) is 6.61 Å². The minimum absolute atomic E-state index is 0.325. The van der Waals surface area contributed by atoms with Crippen LogP contribution in [-0.4, -0.2) is 17.7 Å². The zero-order valence-corrected chi connectivity index (χ0v) is 16.2. The van der Waals surface area contributed by atoms with Crippen molar-refractivity contribution in [3.05, 3.63) is 57.4 Å². The van der Waals surface area contributed by atoms with Crippen molar-refractivity contribution in [3.8, 4) is 5.75 Å². The van der Waals surface area contributed by atoms with E-state index in [9.17, 15) is 4.79 Å². The lowest BCUT2D eigenvalue weighted by molar-refractivity contribution is -0.139. The Hall–Kier alpha value is -1.69. The van der Waals surface area contributed by atoms with Gasteiger partial charge in [-0.25, -0.2) is 4.79 Å². The van der Waals surface area contributed by atoms with E-state index >= 15 is 0 Å². The molecule has 6 heteroatoms. The zero-order valence-electron chi connectivity index (χ0n) is 13.8. The summed E-state index contributed by atoms with van der Waals surface area (Å²) in [7, 11) is 0. The smallest absolute Gasteiger partial charge is 0.341 e. The molecule has 3 aromatic rings. The molecule has 0 fully saturated rings. The maximum absolute atomic E-state index is 10.7. The van der Waals surface area contributed by atoms with Gasteiger partial charge in [-0.3, -0.25) is 0 Å². The number of thiophene rings is 1. The summed E-state index contributed by atoms with van der Waals surface area (Å²) in [4.78, 5) is 11.8. The molecule has 0 aliphatic rings. The van der Waals surface area contributed by atoms with Crippen molar-refractivity contribution in [1.29, 1.82) is 0 Å². The Morgan fingerprint density at radius 1 is 1.24 bits per heavy atom. The number of rotatable bonds is 6. The SMILES string of the molecule is Cc1cc(SCc2csc3ccc(Cl)cc23)c(C)cc1OCC(=O)O. The van der Waals surface area contributed by atoms with Crippen LogP contribution in [-0.2, 0) is 10.5 Å². The first-order valence-corrected chi connectivity index (χ1v) is 9.92. The van der Waals surface area contributed by atoms with Crippen LogP contribution >= 0.6 is 34.7 Å². The van der Waals surface area contributed by atoms with E-state index in [4.69, 9.17) is 21.4 Å². The van der Waals surface area contributed by atoms with E-state index in [0.29, 0.717) is 5.75 Å². The highest BCUT2D eigenvalue weighted by Gasteiger charge is 2.10. The minimum atomic E-state index is -0.974. The fourth-order valence-corrected chi connectivity index (χ4v) is 4.85. The quantitative estimate of drug-likeness (QED) is 0.528. The van der Waals surface area contributed by atoms with Crippen LogP contribution in [0, 0.1) is 13.8 Å². The number of thioether (sulfide) groups is 1. The Bertz CT molecular complexity index is 934. The summed E-state index contributed by atoms with van der Waals surface area (Å²) in [6, 6.07) is 9.95. The molecule has 2 aromatic carbocycles. The maximum Gasteiger partial charge on any atom is 0.341 e. The first-order chi connectivity index (χ1) is 11.9. The largest absolute Gasteiger partial charge is 0.482 e. The second kappa shape index (κ2) is 7.68. The molecule has 0 aliphatic carbocycles. The summed E-state index contributed by atoms with van der Waals surface area (Å²) in [5, 5.41) is 12.9. The monoisotopic (exact) mass is 392 g/mol. The van der Waals surface area contributed by atoms with E-state index in [1.807, 2.05) is 32.0 Å². The predicted octanol–water partition coefficient (Wildman–Crippen LogP) is 5.93. The van der Waals surface area contributed by atoms with Crippen LogP contribution in [0.2, 0.25) is 5.02 Å². The molecule has 1 aromatic heterocycles. The van der Waals surface area contributed by atoms with Gasteiger partial charge in [0.25, 0.3) is 0 Å². The number of carbonyl (C=O) groups is 1. The molecule has 25 heavy (non-hydrogen) atoms. The van der Waals surface area contributed by atoms with Crippen LogP contribution < -0.4 is 4.74 Å². The number of benzene rings is 2. The number of aryl methyl sites for hydroxylation is 2. The molecule has 0 atom stereocenters. The molecule has 3 nitrogen and oxygen atoms in total. The highest BCUT2D eigenvalue weighted by atomic mass is 35.5. The number of carboxylic acid groups (broad SMARTS) is 1. The Morgan fingerprint density at radius 3 is 2.80 bits per heavy atom. The first kappa shape index (κ1) is 18.1. The van der Waals surface area contributed by atoms with Gasteiger partial charge in [-0.1, -0.05) is 11.6 Å². The lowest BCUT2D eigenvalue weighted by atomic mass is 10.1.